The van der Waals surface area contributed by atoms with Crippen LogP contribution >= 0.6 is 0 Å². The minimum absolute atomic E-state index is 0.0340. The molecule has 3 aromatic rings. The first-order chi connectivity index (χ1) is 15.3. The van der Waals surface area contributed by atoms with E-state index < -0.39 is 36.4 Å². The number of hydrogen-bond acceptors (Lipinski definition) is 5. The lowest BCUT2D eigenvalue weighted by atomic mass is 10.1. The Labute approximate surface area is 180 Å². The highest BCUT2D eigenvalue weighted by atomic mass is 19.3. The average molecular weight is 442 g/mol. The molecule has 1 aromatic carbocycles. The van der Waals surface area contributed by atoms with Crippen LogP contribution in [0.5, 0.6) is 0 Å². The van der Waals surface area contributed by atoms with Gasteiger partial charge in [0.2, 0.25) is 0 Å². The van der Waals surface area contributed by atoms with Gasteiger partial charge in [0, 0.05) is 29.8 Å². The molecule has 0 unspecified atom stereocenters. The monoisotopic (exact) mass is 442 g/mol. The van der Waals surface area contributed by atoms with E-state index in [1.54, 1.807) is 18.2 Å². The van der Waals surface area contributed by atoms with Crippen LogP contribution in [-0.4, -0.2) is 40.5 Å². The van der Waals surface area contributed by atoms with Crippen molar-refractivity contribution in [1.82, 2.24) is 15.3 Å². The van der Waals surface area contributed by atoms with Gasteiger partial charge in [0.05, 0.1) is 24.3 Å². The fourth-order valence-electron chi connectivity index (χ4n) is 2.76. The van der Waals surface area contributed by atoms with Gasteiger partial charge in [0.15, 0.2) is 5.78 Å². The van der Waals surface area contributed by atoms with E-state index in [4.69, 9.17) is 0 Å². The minimum atomic E-state index is -3.21. The maximum absolute atomic E-state index is 13.8. The Balaban J connectivity index is 1.78. The van der Waals surface area contributed by atoms with E-state index in [1.165, 1.54) is 53.8 Å². The number of aromatic nitrogens is 2. The third kappa shape index (κ3) is 5.75. The van der Waals surface area contributed by atoms with E-state index in [2.05, 4.69) is 9.97 Å². The highest BCUT2D eigenvalue weighted by Gasteiger charge is 2.20. The second kappa shape index (κ2) is 10.3. The zero-order valence-corrected chi connectivity index (χ0v) is 16.5. The van der Waals surface area contributed by atoms with E-state index in [0.29, 0.717) is 16.9 Å². The molecule has 2 amide bonds. The summed E-state index contributed by atoms with van der Waals surface area (Å²) >= 11 is 0. The van der Waals surface area contributed by atoms with Crippen LogP contribution in [-0.2, 0) is 11.3 Å². The molecule has 2 aromatic heterocycles. The average Bonchev–Trinajstić information content (AvgIpc) is 2.81. The van der Waals surface area contributed by atoms with Crippen molar-refractivity contribution in [3.8, 4) is 0 Å². The number of Topliss-reactive ketones (excluding diaryl/α,β-unsaturated/α-hetero) is 1. The Bertz CT molecular complexity index is 1110. The summed E-state index contributed by atoms with van der Waals surface area (Å²) in [6.45, 7) is -0.632. The van der Waals surface area contributed by atoms with Gasteiger partial charge in [-0.05, 0) is 42.5 Å². The van der Waals surface area contributed by atoms with E-state index in [0.717, 1.165) is 0 Å². The van der Waals surface area contributed by atoms with Crippen molar-refractivity contribution < 1.29 is 27.6 Å². The number of benzene rings is 1. The van der Waals surface area contributed by atoms with Crippen molar-refractivity contribution in [2.24, 2.45) is 0 Å². The molecule has 0 aliphatic carbocycles. The molecule has 164 valence electrons. The number of nitrogens with zero attached hydrogens (tertiary/aromatic N) is 3. The molecule has 0 spiro atoms. The zero-order valence-electron chi connectivity index (χ0n) is 16.5. The third-order valence-corrected chi connectivity index (χ3v) is 4.36. The number of amides is 2. The van der Waals surface area contributed by atoms with Crippen molar-refractivity contribution >= 4 is 23.3 Å². The quantitative estimate of drug-likeness (QED) is 0.542. The number of alkyl halides is 2. The molecule has 0 bridgehead atoms. The largest absolute Gasteiger partial charge is 0.344 e. The van der Waals surface area contributed by atoms with E-state index in [-0.39, 0.29) is 12.1 Å². The summed E-state index contributed by atoms with van der Waals surface area (Å²) in [5.74, 6) is -3.10. The molecule has 7 nitrogen and oxygen atoms in total. The van der Waals surface area contributed by atoms with Crippen LogP contribution in [0.4, 0.5) is 18.9 Å². The third-order valence-electron chi connectivity index (χ3n) is 4.36. The van der Waals surface area contributed by atoms with Gasteiger partial charge in [-0.15, -0.1) is 0 Å². The first-order valence-electron chi connectivity index (χ1n) is 9.36. The van der Waals surface area contributed by atoms with Crippen molar-refractivity contribution in [3.63, 3.8) is 0 Å². The van der Waals surface area contributed by atoms with Gasteiger partial charge in [0.1, 0.15) is 5.82 Å². The number of pyridine rings is 2. The van der Waals surface area contributed by atoms with Crippen LogP contribution in [0.3, 0.4) is 0 Å². The number of ketones is 1. The van der Waals surface area contributed by atoms with E-state index in [9.17, 15) is 27.6 Å². The first kappa shape index (κ1) is 22.6. The van der Waals surface area contributed by atoms with Gasteiger partial charge in [-0.3, -0.25) is 24.4 Å². The number of hydrogen-bond donors (Lipinski definition) is 1. The number of carbonyl (C=O) groups excluding carboxylic acids is 3. The smallest absolute Gasteiger partial charge is 0.315 e. The topological polar surface area (TPSA) is 92.3 Å². The SMILES string of the molecule is O=C(CNC(=O)C(F)F)c1ccc(CN(C(=O)c2cccnc2)c2cccc(F)c2)nc1. The number of anilines is 1. The molecule has 0 saturated heterocycles. The normalized spacial score (nSPS) is 10.6. The van der Waals surface area contributed by atoms with Gasteiger partial charge in [-0.2, -0.15) is 8.78 Å². The molecular weight excluding hydrogens is 425 g/mol. The predicted molar refractivity (Wildman–Crippen MR) is 109 cm³/mol. The van der Waals surface area contributed by atoms with E-state index >= 15 is 0 Å². The lowest BCUT2D eigenvalue weighted by Gasteiger charge is -2.22. The van der Waals surface area contributed by atoms with Gasteiger partial charge in [-0.25, -0.2) is 4.39 Å². The maximum Gasteiger partial charge on any atom is 0.315 e. The Kier molecular flexibility index (Phi) is 7.27. The molecule has 1 N–H and O–H groups in total. The van der Waals surface area contributed by atoms with Gasteiger partial charge >= 0.3 is 6.43 Å². The highest BCUT2D eigenvalue weighted by Crippen LogP contribution is 2.21. The van der Waals surface area contributed by atoms with Crippen molar-refractivity contribution in [2.45, 2.75) is 13.0 Å². The summed E-state index contributed by atoms with van der Waals surface area (Å²) in [5, 5.41) is 1.83. The van der Waals surface area contributed by atoms with Crippen molar-refractivity contribution in [1.29, 1.82) is 0 Å². The molecule has 0 radical (unpaired) electrons. The van der Waals surface area contributed by atoms with Crippen molar-refractivity contribution in [2.75, 3.05) is 11.4 Å². The summed E-state index contributed by atoms with van der Waals surface area (Å²) in [6.07, 6.45) is 0.904. The number of carbonyl (C=O) groups is 3. The zero-order chi connectivity index (χ0) is 23.1. The fraction of sp³-hybridized carbons (Fsp3) is 0.136. The summed E-state index contributed by atoms with van der Waals surface area (Å²) in [4.78, 5) is 45.3. The van der Waals surface area contributed by atoms with Crippen LogP contribution in [0.25, 0.3) is 0 Å². The molecule has 0 aliphatic heterocycles. The molecule has 0 atom stereocenters. The van der Waals surface area contributed by atoms with Crippen LogP contribution in [0.15, 0.2) is 67.1 Å². The summed E-state index contributed by atoms with van der Waals surface area (Å²) in [6, 6.07) is 11.5. The maximum atomic E-state index is 13.8. The molecule has 0 fully saturated rings. The number of rotatable bonds is 8. The lowest BCUT2D eigenvalue weighted by Crippen LogP contribution is -2.34. The number of halogens is 3. The first-order valence-corrected chi connectivity index (χ1v) is 9.36. The second-order valence-electron chi connectivity index (χ2n) is 6.59. The summed E-state index contributed by atoms with van der Waals surface area (Å²) in [7, 11) is 0. The molecule has 32 heavy (non-hydrogen) atoms. The highest BCUT2D eigenvalue weighted by molar-refractivity contribution is 6.05. The molecule has 0 saturated carbocycles. The Morgan fingerprint density at radius 1 is 1.00 bits per heavy atom. The molecule has 3 rings (SSSR count). The van der Waals surface area contributed by atoms with Gasteiger partial charge < -0.3 is 10.2 Å². The molecular formula is C22H17F3N4O3. The van der Waals surface area contributed by atoms with Crippen LogP contribution in [0.2, 0.25) is 0 Å². The van der Waals surface area contributed by atoms with Gasteiger partial charge in [0.25, 0.3) is 11.8 Å². The van der Waals surface area contributed by atoms with Crippen LogP contribution < -0.4 is 10.2 Å². The Morgan fingerprint density at radius 2 is 1.81 bits per heavy atom. The van der Waals surface area contributed by atoms with E-state index in [1.807, 2.05) is 5.32 Å². The van der Waals surface area contributed by atoms with Gasteiger partial charge in [-0.1, -0.05) is 6.07 Å². The standard InChI is InChI=1S/C22H17F3N4O3/c23-16-4-1-5-18(9-16)29(22(32)15-3-2-8-26-10-15)13-17-7-6-14(11-27-17)19(30)12-28-21(31)20(24)25/h1-11,20H,12-13H2,(H,28,31). The van der Waals surface area contributed by atoms with Crippen LogP contribution in [0.1, 0.15) is 26.4 Å². The molecule has 0 aliphatic rings. The fourth-order valence-corrected chi connectivity index (χ4v) is 2.76. The second-order valence-corrected chi connectivity index (χ2v) is 6.59. The molecule has 10 heteroatoms. The van der Waals surface area contributed by atoms with Crippen molar-refractivity contribution in [3.05, 3.63) is 89.8 Å². The van der Waals surface area contributed by atoms with Crippen LogP contribution in [0, 0.1) is 5.82 Å². The summed E-state index contributed by atoms with van der Waals surface area (Å²) in [5.41, 5.74) is 1.08. The molecule has 2 heterocycles. The Hall–Kier alpha value is -4.08. The lowest BCUT2D eigenvalue weighted by molar-refractivity contribution is -0.131. The summed E-state index contributed by atoms with van der Waals surface area (Å²) < 4.78 is 38.2. The number of nitrogens with one attached hydrogen (secondary N) is 1. The Morgan fingerprint density at radius 3 is 2.44 bits per heavy atom. The predicted octanol–water partition coefficient (Wildman–Crippen LogP) is 3.03. The minimum Gasteiger partial charge on any atom is -0.344 e.